The van der Waals surface area contributed by atoms with E-state index >= 15 is 0 Å². The number of hydrogen-bond donors (Lipinski definition) is 5. The molecule has 154 valence electrons. The standard InChI is InChI=1S/C19H33ClN4O3/c20-10-1-2-11-9(5-10)7-27-17(11)13-6-14(16(26)15(13)25)24-4-3-12-18(21)22-8-23-19(12)24/h9-19,22-23,25-26H,1-8,21H2/t9?,10?,11?,12?,13-,14+,15+,16-,17-,18?,19?/m0/s1. The fourth-order valence-corrected chi connectivity index (χ4v) is 7.00. The number of alkyl halides is 1. The van der Waals surface area contributed by atoms with Crippen LogP contribution in [0.4, 0.5) is 0 Å². The van der Waals surface area contributed by atoms with Crippen molar-refractivity contribution >= 4 is 11.6 Å². The molecule has 0 aromatic carbocycles. The summed E-state index contributed by atoms with van der Waals surface area (Å²) in [6.07, 6.45) is 3.69. The zero-order valence-electron chi connectivity index (χ0n) is 15.7. The summed E-state index contributed by atoms with van der Waals surface area (Å²) in [5, 5.41) is 28.8. The first-order valence-electron chi connectivity index (χ1n) is 10.6. The highest BCUT2D eigenvalue weighted by molar-refractivity contribution is 6.20. The molecule has 5 rings (SSSR count). The molecular weight excluding hydrogens is 368 g/mol. The van der Waals surface area contributed by atoms with E-state index in [1.165, 1.54) is 0 Å². The highest BCUT2D eigenvalue weighted by atomic mass is 35.5. The molecule has 27 heavy (non-hydrogen) atoms. The lowest BCUT2D eigenvalue weighted by atomic mass is 9.74. The van der Waals surface area contributed by atoms with Crippen LogP contribution in [0, 0.1) is 23.7 Å². The molecule has 5 fully saturated rings. The number of fused-ring (bicyclic) bond motifs is 2. The van der Waals surface area contributed by atoms with Crippen LogP contribution in [0.1, 0.15) is 32.1 Å². The third kappa shape index (κ3) is 3.15. The molecule has 2 saturated carbocycles. The summed E-state index contributed by atoms with van der Waals surface area (Å²) < 4.78 is 6.19. The van der Waals surface area contributed by atoms with Gasteiger partial charge in [0.15, 0.2) is 0 Å². The van der Waals surface area contributed by atoms with Crippen molar-refractivity contribution in [1.29, 1.82) is 0 Å². The van der Waals surface area contributed by atoms with Crippen molar-refractivity contribution in [2.45, 2.75) is 74.2 Å². The highest BCUT2D eigenvalue weighted by Gasteiger charge is 2.55. The van der Waals surface area contributed by atoms with E-state index in [0.29, 0.717) is 24.4 Å². The molecule has 7 nitrogen and oxygen atoms in total. The molecule has 6 N–H and O–H groups in total. The molecule has 6 unspecified atom stereocenters. The van der Waals surface area contributed by atoms with Crippen LogP contribution in [0.3, 0.4) is 0 Å². The van der Waals surface area contributed by atoms with Crippen molar-refractivity contribution in [3.8, 4) is 0 Å². The number of nitrogens with two attached hydrogens (primary N) is 1. The predicted molar refractivity (Wildman–Crippen MR) is 102 cm³/mol. The Kier molecular flexibility index (Phi) is 5.18. The first kappa shape index (κ1) is 19.0. The third-order valence-corrected chi connectivity index (χ3v) is 8.44. The quantitative estimate of drug-likeness (QED) is 0.402. The fraction of sp³-hybridized carbons (Fsp3) is 1.00. The van der Waals surface area contributed by atoms with Crippen LogP contribution in [0.5, 0.6) is 0 Å². The van der Waals surface area contributed by atoms with Crippen LogP contribution >= 0.6 is 11.6 Å². The summed E-state index contributed by atoms with van der Waals surface area (Å²) in [4.78, 5) is 2.35. The molecule has 0 spiro atoms. The minimum Gasteiger partial charge on any atom is -0.390 e. The van der Waals surface area contributed by atoms with Gasteiger partial charge in [-0.3, -0.25) is 15.5 Å². The topological polar surface area (TPSA) is 103 Å². The summed E-state index contributed by atoms with van der Waals surface area (Å²) in [6, 6.07) is -0.0372. The zero-order valence-corrected chi connectivity index (χ0v) is 16.5. The molecule has 11 atom stereocenters. The Morgan fingerprint density at radius 3 is 2.70 bits per heavy atom. The van der Waals surface area contributed by atoms with Gasteiger partial charge in [-0.2, -0.15) is 0 Å². The maximum atomic E-state index is 10.9. The summed E-state index contributed by atoms with van der Waals surface area (Å²) in [6.45, 7) is 2.34. The van der Waals surface area contributed by atoms with E-state index < -0.39 is 12.2 Å². The van der Waals surface area contributed by atoms with Gasteiger partial charge in [0.1, 0.15) is 0 Å². The summed E-state index contributed by atoms with van der Waals surface area (Å²) >= 11 is 6.35. The van der Waals surface area contributed by atoms with Gasteiger partial charge in [-0.15, -0.1) is 11.6 Å². The van der Waals surface area contributed by atoms with E-state index in [9.17, 15) is 10.2 Å². The number of hydrogen-bond acceptors (Lipinski definition) is 7. The van der Waals surface area contributed by atoms with Crippen molar-refractivity contribution in [2.24, 2.45) is 29.4 Å². The maximum absolute atomic E-state index is 10.9. The Morgan fingerprint density at radius 1 is 1.00 bits per heavy atom. The summed E-state index contributed by atoms with van der Waals surface area (Å²) in [5.74, 6) is 1.33. The highest BCUT2D eigenvalue weighted by Crippen LogP contribution is 2.47. The lowest BCUT2D eigenvalue weighted by molar-refractivity contribution is -0.0505. The molecule has 0 amide bonds. The molecule has 3 saturated heterocycles. The number of aliphatic hydroxyl groups excluding tert-OH is 2. The Hall–Kier alpha value is 0.01000. The van der Waals surface area contributed by atoms with Crippen molar-refractivity contribution < 1.29 is 14.9 Å². The maximum Gasteiger partial charge on any atom is 0.0958 e. The molecule has 3 heterocycles. The molecule has 3 aliphatic heterocycles. The molecule has 0 bridgehead atoms. The van der Waals surface area contributed by atoms with Crippen molar-refractivity contribution in [2.75, 3.05) is 19.8 Å². The zero-order chi connectivity index (χ0) is 18.7. The monoisotopic (exact) mass is 400 g/mol. The smallest absolute Gasteiger partial charge is 0.0958 e. The minimum atomic E-state index is -0.728. The molecule has 2 aliphatic carbocycles. The van der Waals surface area contributed by atoms with Crippen molar-refractivity contribution in [1.82, 2.24) is 15.5 Å². The van der Waals surface area contributed by atoms with Crippen molar-refractivity contribution in [3.05, 3.63) is 0 Å². The second kappa shape index (κ2) is 7.36. The van der Waals surface area contributed by atoms with Crippen LogP contribution in [0.25, 0.3) is 0 Å². The Bertz CT molecular complexity index is 557. The van der Waals surface area contributed by atoms with Gasteiger partial charge < -0.3 is 20.7 Å². The number of nitrogens with zero attached hydrogens (tertiary/aromatic N) is 1. The molecule has 0 aromatic heterocycles. The van der Waals surface area contributed by atoms with Crippen LogP contribution < -0.4 is 16.4 Å². The van der Waals surface area contributed by atoms with E-state index in [4.69, 9.17) is 22.1 Å². The lowest BCUT2D eigenvalue weighted by Gasteiger charge is -2.40. The van der Waals surface area contributed by atoms with Gasteiger partial charge in [0, 0.05) is 36.5 Å². The molecule has 5 aliphatic rings. The minimum absolute atomic E-state index is 0.00122. The first-order valence-corrected chi connectivity index (χ1v) is 11.1. The van der Waals surface area contributed by atoms with E-state index in [1.54, 1.807) is 0 Å². The lowest BCUT2D eigenvalue weighted by Crippen LogP contribution is -2.64. The van der Waals surface area contributed by atoms with Gasteiger partial charge in [-0.25, -0.2) is 0 Å². The average molecular weight is 401 g/mol. The average Bonchev–Trinajstić information content (AvgIpc) is 3.33. The number of nitrogens with one attached hydrogen (secondary N) is 2. The Balaban J connectivity index is 1.30. The normalized spacial score (nSPS) is 56.2. The number of rotatable bonds is 2. The summed E-state index contributed by atoms with van der Waals surface area (Å²) in [7, 11) is 0. The van der Waals surface area contributed by atoms with E-state index in [2.05, 4.69) is 15.5 Å². The van der Waals surface area contributed by atoms with E-state index in [-0.39, 0.29) is 35.8 Å². The number of aliphatic hydroxyl groups is 2. The van der Waals surface area contributed by atoms with Gasteiger partial charge in [0.05, 0.1) is 37.3 Å². The van der Waals surface area contributed by atoms with Crippen LogP contribution in [0.2, 0.25) is 0 Å². The van der Waals surface area contributed by atoms with Crippen LogP contribution in [-0.2, 0) is 4.74 Å². The van der Waals surface area contributed by atoms with E-state index in [0.717, 1.165) is 45.3 Å². The van der Waals surface area contributed by atoms with Crippen molar-refractivity contribution in [3.63, 3.8) is 0 Å². The molecule has 0 aromatic rings. The largest absolute Gasteiger partial charge is 0.390 e. The Labute approximate surface area is 165 Å². The second-order valence-corrected chi connectivity index (χ2v) is 9.94. The molecule has 8 heteroatoms. The second-order valence-electron chi connectivity index (χ2n) is 9.33. The number of likely N-dealkylation sites (tertiary alicyclic amines) is 1. The van der Waals surface area contributed by atoms with Gasteiger partial charge >= 0.3 is 0 Å². The van der Waals surface area contributed by atoms with Gasteiger partial charge in [0.2, 0.25) is 0 Å². The van der Waals surface area contributed by atoms with Crippen LogP contribution in [-0.4, -0.2) is 77.0 Å². The Morgan fingerprint density at radius 2 is 1.85 bits per heavy atom. The van der Waals surface area contributed by atoms with Gasteiger partial charge in [0.25, 0.3) is 0 Å². The SMILES string of the molecule is NC1NCNC2C1CCN2[C@@H]1C[C@H]([C@H]2OCC3CC(Cl)CCC32)[C@@H](O)[C@H]1O. The molecule has 0 radical (unpaired) electrons. The first-order chi connectivity index (χ1) is 13.0. The van der Waals surface area contributed by atoms with Gasteiger partial charge in [-0.1, -0.05) is 0 Å². The molecular formula is C19H33ClN4O3. The number of halogens is 1. The fourth-order valence-electron chi connectivity index (χ4n) is 6.64. The van der Waals surface area contributed by atoms with Gasteiger partial charge in [-0.05, 0) is 43.9 Å². The summed E-state index contributed by atoms with van der Waals surface area (Å²) in [5.41, 5.74) is 6.23. The predicted octanol–water partition coefficient (Wildman–Crippen LogP) is -0.398. The van der Waals surface area contributed by atoms with Crippen LogP contribution in [0.15, 0.2) is 0 Å². The third-order valence-electron chi connectivity index (χ3n) is 8.04. The number of ether oxygens (including phenoxy) is 1. The van der Waals surface area contributed by atoms with E-state index in [1.807, 2.05) is 0 Å².